The SMILES string of the molecule is NCCOPOCCCCCCCCCCCCCOCc1ccccc1. The predicted octanol–water partition coefficient (Wildman–Crippen LogP) is 5.99. The first-order valence-electron chi connectivity index (χ1n) is 10.7. The van der Waals surface area contributed by atoms with Crippen LogP contribution in [0.2, 0.25) is 0 Å². The summed E-state index contributed by atoms with van der Waals surface area (Å²) in [6, 6.07) is 10.4. The van der Waals surface area contributed by atoms with Gasteiger partial charge in [0, 0.05) is 13.2 Å². The van der Waals surface area contributed by atoms with Gasteiger partial charge in [-0.2, -0.15) is 0 Å². The van der Waals surface area contributed by atoms with Gasteiger partial charge in [0.15, 0.2) is 9.03 Å². The second kappa shape index (κ2) is 20.2. The highest BCUT2D eigenvalue weighted by molar-refractivity contribution is 7.26. The third kappa shape index (κ3) is 17.3. The van der Waals surface area contributed by atoms with E-state index in [4.69, 9.17) is 19.5 Å². The lowest BCUT2D eigenvalue weighted by Gasteiger charge is -2.05. The molecule has 0 fully saturated rings. The molecular formula is C22H40NO3P. The number of ether oxygens (including phenoxy) is 1. The molecule has 156 valence electrons. The molecule has 0 spiro atoms. The Morgan fingerprint density at radius 2 is 1.15 bits per heavy atom. The Morgan fingerprint density at radius 3 is 1.74 bits per heavy atom. The van der Waals surface area contributed by atoms with Gasteiger partial charge < -0.3 is 19.5 Å². The minimum absolute atomic E-state index is 0.156. The molecule has 4 nitrogen and oxygen atoms in total. The van der Waals surface area contributed by atoms with Crippen molar-refractivity contribution < 1.29 is 13.8 Å². The van der Waals surface area contributed by atoms with Crippen molar-refractivity contribution in [3.05, 3.63) is 35.9 Å². The summed E-state index contributed by atoms with van der Waals surface area (Å²) in [5, 5.41) is 0. The molecule has 27 heavy (non-hydrogen) atoms. The molecule has 0 saturated heterocycles. The summed E-state index contributed by atoms with van der Waals surface area (Å²) in [4.78, 5) is 0. The zero-order chi connectivity index (χ0) is 19.3. The van der Waals surface area contributed by atoms with Crippen LogP contribution in [0.1, 0.15) is 76.2 Å². The van der Waals surface area contributed by atoms with Crippen molar-refractivity contribution in [3.63, 3.8) is 0 Å². The Kier molecular flexibility index (Phi) is 18.4. The van der Waals surface area contributed by atoms with Crippen LogP contribution in [0.25, 0.3) is 0 Å². The number of nitrogens with two attached hydrogens (primary N) is 1. The average Bonchev–Trinajstić information content (AvgIpc) is 2.70. The van der Waals surface area contributed by atoms with Gasteiger partial charge in [-0.25, -0.2) is 0 Å². The summed E-state index contributed by atoms with van der Waals surface area (Å²) in [6.07, 6.45) is 14.4. The second-order valence-corrected chi connectivity index (χ2v) is 7.74. The lowest BCUT2D eigenvalue weighted by molar-refractivity contribution is 0.116. The van der Waals surface area contributed by atoms with Crippen LogP contribution in [0.5, 0.6) is 0 Å². The second-order valence-electron chi connectivity index (χ2n) is 7.00. The molecule has 1 atom stereocenters. The first-order valence-corrected chi connectivity index (χ1v) is 11.6. The van der Waals surface area contributed by atoms with Crippen molar-refractivity contribution >= 4 is 9.03 Å². The molecule has 0 heterocycles. The van der Waals surface area contributed by atoms with E-state index in [1.165, 1.54) is 69.8 Å². The van der Waals surface area contributed by atoms with Gasteiger partial charge in [-0.15, -0.1) is 0 Å². The lowest BCUT2D eigenvalue weighted by Crippen LogP contribution is -2.04. The fraction of sp³-hybridized carbons (Fsp3) is 0.727. The van der Waals surface area contributed by atoms with Crippen LogP contribution in [0.15, 0.2) is 30.3 Å². The zero-order valence-corrected chi connectivity index (χ0v) is 18.0. The van der Waals surface area contributed by atoms with E-state index < -0.39 is 0 Å². The molecule has 1 aromatic rings. The van der Waals surface area contributed by atoms with E-state index in [1.807, 2.05) is 6.07 Å². The van der Waals surface area contributed by atoms with E-state index in [1.54, 1.807) is 0 Å². The van der Waals surface area contributed by atoms with Crippen molar-refractivity contribution in [3.8, 4) is 0 Å². The Bertz CT molecular complexity index is 406. The van der Waals surface area contributed by atoms with Crippen molar-refractivity contribution in [2.24, 2.45) is 5.73 Å². The molecule has 1 rings (SSSR count). The number of hydrogen-bond acceptors (Lipinski definition) is 4. The van der Waals surface area contributed by atoms with Crippen molar-refractivity contribution in [2.75, 3.05) is 26.4 Å². The van der Waals surface area contributed by atoms with Crippen LogP contribution in [0, 0.1) is 0 Å². The monoisotopic (exact) mass is 397 g/mol. The van der Waals surface area contributed by atoms with Crippen LogP contribution in [-0.2, 0) is 20.4 Å². The Labute approximate surface area is 168 Å². The van der Waals surface area contributed by atoms with Gasteiger partial charge >= 0.3 is 0 Å². The van der Waals surface area contributed by atoms with Crippen LogP contribution in [0.3, 0.4) is 0 Å². The van der Waals surface area contributed by atoms with Gasteiger partial charge in [-0.1, -0.05) is 88.1 Å². The Balaban J connectivity index is 1.67. The average molecular weight is 398 g/mol. The molecule has 2 N–H and O–H groups in total. The smallest absolute Gasteiger partial charge is 0.155 e. The summed E-state index contributed by atoms with van der Waals surface area (Å²) < 4.78 is 16.3. The third-order valence-electron chi connectivity index (χ3n) is 4.48. The molecule has 1 unspecified atom stereocenters. The first-order chi connectivity index (χ1) is 13.4. The molecule has 0 aliphatic carbocycles. The van der Waals surface area contributed by atoms with Crippen LogP contribution in [0.4, 0.5) is 0 Å². The minimum atomic E-state index is 0.156. The quantitative estimate of drug-likeness (QED) is 0.217. The van der Waals surface area contributed by atoms with Gasteiger partial charge in [0.05, 0.1) is 19.8 Å². The van der Waals surface area contributed by atoms with Crippen LogP contribution in [-0.4, -0.2) is 26.4 Å². The Hall–Kier alpha value is -0.510. The van der Waals surface area contributed by atoms with Crippen LogP contribution >= 0.6 is 9.03 Å². The summed E-state index contributed by atoms with van der Waals surface area (Å²) in [5.41, 5.74) is 6.60. The molecule has 0 radical (unpaired) electrons. The maximum atomic E-state index is 5.72. The molecule has 0 aliphatic rings. The fourth-order valence-electron chi connectivity index (χ4n) is 2.92. The van der Waals surface area contributed by atoms with E-state index >= 15 is 0 Å². The normalized spacial score (nSPS) is 11.6. The van der Waals surface area contributed by atoms with Gasteiger partial charge in [-0.3, -0.25) is 0 Å². The maximum Gasteiger partial charge on any atom is 0.155 e. The van der Waals surface area contributed by atoms with Gasteiger partial charge in [0.1, 0.15) is 0 Å². The molecule has 0 saturated carbocycles. The first kappa shape index (κ1) is 24.5. The van der Waals surface area contributed by atoms with E-state index in [9.17, 15) is 0 Å². The van der Waals surface area contributed by atoms with E-state index in [0.29, 0.717) is 13.2 Å². The molecule has 0 amide bonds. The number of unbranched alkanes of at least 4 members (excludes halogenated alkanes) is 10. The number of benzene rings is 1. The summed E-state index contributed by atoms with van der Waals surface area (Å²) in [7, 11) is 0.156. The van der Waals surface area contributed by atoms with Gasteiger partial charge in [0.2, 0.25) is 0 Å². The molecule has 1 aromatic carbocycles. The number of rotatable bonds is 20. The fourth-order valence-corrected chi connectivity index (χ4v) is 3.43. The lowest BCUT2D eigenvalue weighted by atomic mass is 10.1. The summed E-state index contributed by atoms with van der Waals surface area (Å²) in [5.74, 6) is 0. The highest BCUT2D eigenvalue weighted by Gasteiger charge is 1.96. The number of hydrogen-bond donors (Lipinski definition) is 1. The van der Waals surface area contributed by atoms with Crippen LogP contribution < -0.4 is 5.73 Å². The minimum Gasteiger partial charge on any atom is -0.377 e. The van der Waals surface area contributed by atoms with E-state index in [2.05, 4.69) is 24.3 Å². The molecule has 0 aromatic heterocycles. The van der Waals surface area contributed by atoms with E-state index in [-0.39, 0.29) is 9.03 Å². The predicted molar refractivity (Wildman–Crippen MR) is 116 cm³/mol. The van der Waals surface area contributed by atoms with Crippen molar-refractivity contribution in [1.29, 1.82) is 0 Å². The molecule has 0 bridgehead atoms. The highest BCUT2D eigenvalue weighted by Crippen LogP contribution is 2.15. The zero-order valence-electron chi connectivity index (χ0n) is 17.0. The standard InChI is InChI=1S/C22H40NO3P/c23-17-20-26-27-25-19-14-9-7-5-3-1-2-4-6-8-13-18-24-21-22-15-11-10-12-16-22/h10-12,15-16,27H,1-9,13-14,17-21,23H2. The van der Waals surface area contributed by atoms with E-state index in [0.717, 1.165) is 26.2 Å². The highest BCUT2D eigenvalue weighted by atomic mass is 31.1. The Morgan fingerprint density at radius 1 is 0.630 bits per heavy atom. The van der Waals surface area contributed by atoms with Gasteiger partial charge in [0.25, 0.3) is 0 Å². The maximum absolute atomic E-state index is 5.72. The molecule has 5 heteroatoms. The van der Waals surface area contributed by atoms with Gasteiger partial charge in [-0.05, 0) is 18.4 Å². The molecule has 0 aliphatic heterocycles. The third-order valence-corrected chi connectivity index (χ3v) is 5.13. The topological polar surface area (TPSA) is 53.7 Å². The molecular weight excluding hydrogens is 357 g/mol. The summed E-state index contributed by atoms with van der Waals surface area (Å²) in [6.45, 7) is 3.62. The largest absolute Gasteiger partial charge is 0.377 e. The van der Waals surface area contributed by atoms with Crippen molar-refractivity contribution in [1.82, 2.24) is 0 Å². The van der Waals surface area contributed by atoms with Crippen molar-refractivity contribution in [2.45, 2.75) is 77.2 Å². The summed E-state index contributed by atoms with van der Waals surface area (Å²) >= 11 is 0.